The zero-order chi connectivity index (χ0) is 23.0. The molecule has 0 aliphatic carbocycles. The van der Waals surface area contributed by atoms with Gasteiger partial charge in [0, 0.05) is 6.42 Å². The number of aromatic nitrogens is 2. The number of hydrogen-bond acceptors (Lipinski definition) is 3. The number of aryl methyl sites for hydroxylation is 1. The zero-order valence-corrected chi connectivity index (χ0v) is 18.2. The maximum Gasteiger partial charge on any atom is 0.410 e. The number of nitrogens with one attached hydrogen (secondary N) is 2. The standard InChI is InChI=1S/C23H22ClF3N4O/c1-13-8-10-16(11-9-13)17-12-18(23(25,26)27)31-21(29-17)19(24)20(30-31)22(32)28-14(2)15-6-4-3-5-7-15/h3-11,14,17-18,29H,12H2,1-2H3,(H,28,32)/t14-,17+,18+/m1/s1. The van der Waals surface area contributed by atoms with Crippen molar-refractivity contribution in [2.24, 2.45) is 0 Å². The Morgan fingerprint density at radius 1 is 1.19 bits per heavy atom. The van der Waals surface area contributed by atoms with Gasteiger partial charge in [-0.25, -0.2) is 4.68 Å². The lowest BCUT2D eigenvalue weighted by molar-refractivity contribution is -0.173. The second kappa shape index (κ2) is 8.50. The molecule has 1 aliphatic heterocycles. The Morgan fingerprint density at radius 3 is 2.47 bits per heavy atom. The van der Waals surface area contributed by atoms with Crippen molar-refractivity contribution in [1.82, 2.24) is 15.1 Å². The first kappa shape index (κ1) is 22.2. The third-order valence-electron chi connectivity index (χ3n) is 5.64. The summed E-state index contributed by atoms with van der Waals surface area (Å²) in [4.78, 5) is 12.8. The van der Waals surface area contributed by atoms with Crippen LogP contribution in [-0.2, 0) is 0 Å². The van der Waals surface area contributed by atoms with E-state index in [4.69, 9.17) is 11.6 Å². The molecule has 0 bridgehead atoms. The molecular weight excluding hydrogens is 441 g/mol. The van der Waals surface area contributed by atoms with E-state index in [0.717, 1.165) is 15.8 Å². The number of amides is 1. The molecule has 0 saturated heterocycles. The van der Waals surface area contributed by atoms with Crippen molar-refractivity contribution in [1.29, 1.82) is 0 Å². The molecule has 3 aromatic rings. The first-order valence-corrected chi connectivity index (χ1v) is 10.6. The highest BCUT2D eigenvalue weighted by Crippen LogP contribution is 2.46. The van der Waals surface area contributed by atoms with Crippen LogP contribution in [0.1, 0.15) is 58.6 Å². The fourth-order valence-corrected chi connectivity index (χ4v) is 4.11. The minimum Gasteiger partial charge on any atom is -0.362 e. The number of rotatable bonds is 4. The summed E-state index contributed by atoms with van der Waals surface area (Å²) >= 11 is 6.39. The number of hydrogen-bond donors (Lipinski definition) is 2. The van der Waals surface area contributed by atoms with Gasteiger partial charge in [-0.3, -0.25) is 4.79 Å². The van der Waals surface area contributed by atoms with Crippen molar-refractivity contribution in [3.63, 3.8) is 0 Å². The molecule has 3 atom stereocenters. The van der Waals surface area contributed by atoms with Crippen molar-refractivity contribution in [2.45, 2.75) is 44.6 Å². The highest BCUT2D eigenvalue weighted by Gasteiger charge is 2.47. The van der Waals surface area contributed by atoms with E-state index in [0.29, 0.717) is 5.56 Å². The number of nitrogens with zero attached hydrogens (tertiary/aromatic N) is 2. The summed E-state index contributed by atoms with van der Waals surface area (Å²) < 4.78 is 42.5. The highest BCUT2D eigenvalue weighted by atomic mass is 35.5. The molecule has 0 saturated carbocycles. The number of anilines is 1. The lowest BCUT2D eigenvalue weighted by Gasteiger charge is -2.33. The number of carbonyl (C=O) groups excluding carboxylic acids is 1. The van der Waals surface area contributed by atoms with Crippen molar-refractivity contribution >= 4 is 23.3 Å². The quantitative estimate of drug-likeness (QED) is 0.500. The van der Waals surface area contributed by atoms with Gasteiger partial charge in [-0.1, -0.05) is 71.8 Å². The predicted molar refractivity (Wildman–Crippen MR) is 117 cm³/mol. The van der Waals surface area contributed by atoms with Crippen LogP contribution >= 0.6 is 11.6 Å². The molecule has 0 spiro atoms. The van der Waals surface area contributed by atoms with Crippen LogP contribution in [0.5, 0.6) is 0 Å². The lowest BCUT2D eigenvalue weighted by Crippen LogP contribution is -2.36. The number of carbonyl (C=O) groups is 1. The molecule has 1 amide bonds. The van der Waals surface area contributed by atoms with Crippen LogP contribution in [0.15, 0.2) is 54.6 Å². The Balaban J connectivity index is 1.66. The second-order valence-electron chi connectivity index (χ2n) is 7.96. The third kappa shape index (κ3) is 4.32. The SMILES string of the molecule is Cc1ccc([C@@H]2C[C@@H](C(F)(F)F)n3nc(C(=O)N[C@H](C)c4ccccc4)c(Cl)c3N2)cc1. The zero-order valence-electron chi connectivity index (χ0n) is 17.4. The first-order chi connectivity index (χ1) is 15.1. The van der Waals surface area contributed by atoms with Crippen LogP contribution in [0.2, 0.25) is 5.02 Å². The molecule has 0 fully saturated rings. The monoisotopic (exact) mass is 462 g/mol. The third-order valence-corrected chi connectivity index (χ3v) is 6.00. The fraction of sp³-hybridized carbons (Fsp3) is 0.304. The van der Waals surface area contributed by atoms with Crippen molar-refractivity contribution < 1.29 is 18.0 Å². The van der Waals surface area contributed by atoms with Crippen LogP contribution in [0.4, 0.5) is 19.0 Å². The van der Waals surface area contributed by atoms with E-state index in [-0.39, 0.29) is 29.0 Å². The van der Waals surface area contributed by atoms with E-state index >= 15 is 0 Å². The smallest absolute Gasteiger partial charge is 0.362 e. The molecule has 2 N–H and O–H groups in total. The minimum atomic E-state index is -4.56. The Labute approximate surface area is 188 Å². The topological polar surface area (TPSA) is 59.0 Å². The number of benzene rings is 2. The molecular formula is C23H22ClF3N4O. The molecule has 0 unspecified atom stereocenters. The van der Waals surface area contributed by atoms with E-state index in [1.807, 2.05) is 49.4 Å². The van der Waals surface area contributed by atoms with Crippen LogP contribution < -0.4 is 10.6 Å². The van der Waals surface area contributed by atoms with Crippen LogP contribution in [-0.4, -0.2) is 21.9 Å². The van der Waals surface area contributed by atoms with E-state index < -0.39 is 24.2 Å². The molecule has 9 heteroatoms. The van der Waals surface area contributed by atoms with Gasteiger partial charge in [0.2, 0.25) is 0 Å². The van der Waals surface area contributed by atoms with Gasteiger partial charge in [0.05, 0.1) is 12.1 Å². The van der Waals surface area contributed by atoms with Crippen molar-refractivity contribution in [3.05, 3.63) is 82.0 Å². The van der Waals surface area contributed by atoms with Gasteiger partial charge in [-0.2, -0.15) is 18.3 Å². The average Bonchev–Trinajstić information content (AvgIpc) is 3.10. The molecule has 5 nitrogen and oxygen atoms in total. The predicted octanol–water partition coefficient (Wildman–Crippen LogP) is 6.00. The van der Waals surface area contributed by atoms with Gasteiger partial charge in [-0.15, -0.1) is 0 Å². The van der Waals surface area contributed by atoms with Gasteiger partial charge in [0.1, 0.15) is 10.8 Å². The highest BCUT2D eigenvalue weighted by molar-refractivity contribution is 6.36. The average molecular weight is 463 g/mol. The summed E-state index contributed by atoms with van der Waals surface area (Å²) in [6.45, 7) is 3.69. The largest absolute Gasteiger partial charge is 0.410 e. The number of alkyl halides is 3. The number of fused-ring (bicyclic) bond motifs is 1. The van der Waals surface area contributed by atoms with Crippen molar-refractivity contribution in [2.75, 3.05) is 5.32 Å². The van der Waals surface area contributed by atoms with E-state index in [1.54, 1.807) is 19.1 Å². The molecule has 1 aliphatic rings. The fourth-order valence-electron chi connectivity index (χ4n) is 3.84. The second-order valence-corrected chi connectivity index (χ2v) is 8.34. The lowest BCUT2D eigenvalue weighted by atomic mass is 9.96. The summed E-state index contributed by atoms with van der Waals surface area (Å²) in [5.41, 5.74) is 2.32. The van der Waals surface area contributed by atoms with Crippen molar-refractivity contribution in [3.8, 4) is 0 Å². The Kier molecular flexibility index (Phi) is 5.90. The minimum absolute atomic E-state index is 0.0108. The van der Waals surface area contributed by atoms with Gasteiger partial charge in [-0.05, 0) is 25.0 Å². The molecule has 2 heterocycles. The van der Waals surface area contributed by atoms with E-state index in [2.05, 4.69) is 15.7 Å². The van der Waals surface area contributed by atoms with Crippen LogP contribution in [0.3, 0.4) is 0 Å². The number of halogens is 4. The Morgan fingerprint density at radius 2 is 1.84 bits per heavy atom. The van der Waals surface area contributed by atoms with Gasteiger partial charge >= 0.3 is 6.18 Å². The summed E-state index contributed by atoms with van der Waals surface area (Å²) in [6, 6.07) is 13.6. The van der Waals surface area contributed by atoms with E-state index in [1.165, 1.54) is 0 Å². The molecule has 4 rings (SSSR count). The molecule has 168 valence electrons. The molecule has 32 heavy (non-hydrogen) atoms. The van der Waals surface area contributed by atoms with E-state index in [9.17, 15) is 18.0 Å². The Hall–Kier alpha value is -3.00. The summed E-state index contributed by atoms with van der Waals surface area (Å²) in [7, 11) is 0. The summed E-state index contributed by atoms with van der Waals surface area (Å²) in [5, 5.41) is 9.66. The molecule has 0 radical (unpaired) electrons. The summed E-state index contributed by atoms with van der Waals surface area (Å²) in [6.07, 6.45) is -4.82. The Bertz CT molecular complexity index is 1110. The maximum atomic E-state index is 13.9. The normalized spacial score (nSPS) is 19.1. The van der Waals surface area contributed by atoms with Gasteiger partial charge < -0.3 is 10.6 Å². The molecule has 2 aromatic carbocycles. The maximum absolute atomic E-state index is 13.9. The van der Waals surface area contributed by atoms with Gasteiger partial charge in [0.25, 0.3) is 5.91 Å². The van der Waals surface area contributed by atoms with Crippen LogP contribution in [0.25, 0.3) is 0 Å². The van der Waals surface area contributed by atoms with Crippen LogP contribution in [0, 0.1) is 6.92 Å². The molecule has 1 aromatic heterocycles. The van der Waals surface area contributed by atoms with Gasteiger partial charge in [0.15, 0.2) is 11.7 Å². The summed E-state index contributed by atoms with van der Waals surface area (Å²) in [5.74, 6) is -0.647. The first-order valence-electron chi connectivity index (χ1n) is 10.2.